The van der Waals surface area contributed by atoms with E-state index in [9.17, 15) is 0 Å². The molecule has 0 aliphatic carbocycles. The van der Waals surface area contributed by atoms with Gasteiger partial charge in [0.25, 0.3) is 0 Å². The largest absolute Gasteiger partial charge is 0.388 e. The summed E-state index contributed by atoms with van der Waals surface area (Å²) in [7, 11) is 1.95. The van der Waals surface area contributed by atoms with Crippen molar-refractivity contribution in [3.05, 3.63) is 29.8 Å². The molecule has 0 fully saturated rings. The molecule has 1 atom stereocenters. The molecule has 1 nitrogen and oxygen atoms in total. The van der Waals surface area contributed by atoms with Crippen LogP contribution in [0.15, 0.2) is 24.3 Å². The van der Waals surface area contributed by atoms with Crippen molar-refractivity contribution in [1.29, 1.82) is 0 Å². The van der Waals surface area contributed by atoms with Gasteiger partial charge in [-0.3, -0.25) is 0 Å². The third-order valence-corrected chi connectivity index (χ3v) is 3.00. The van der Waals surface area contributed by atoms with E-state index in [1.54, 1.807) is 0 Å². The summed E-state index contributed by atoms with van der Waals surface area (Å²) >= 11 is 0. The molecule has 1 rings (SSSR count). The summed E-state index contributed by atoms with van der Waals surface area (Å²) in [4.78, 5) is 0. The summed E-state index contributed by atoms with van der Waals surface area (Å²) < 4.78 is 0. The van der Waals surface area contributed by atoms with E-state index in [4.69, 9.17) is 0 Å². The van der Waals surface area contributed by atoms with Crippen molar-refractivity contribution >= 4 is 5.69 Å². The molecular weight excluding hydrogens is 170 g/mol. The van der Waals surface area contributed by atoms with Crippen molar-refractivity contribution in [2.24, 2.45) is 5.41 Å². The maximum Gasteiger partial charge on any atom is 0.0337 e. The van der Waals surface area contributed by atoms with Crippen LogP contribution in [-0.2, 0) is 0 Å². The van der Waals surface area contributed by atoms with Crippen LogP contribution >= 0.6 is 0 Å². The van der Waals surface area contributed by atoms with E-state index >= 15 is 0 Å². The molecule has 0 spiro atoms. The highest BCUT2D eigenvalue weighted by molar-refractivity contribution is 5.44. The van der Waals surface area contributed by atoms with E-state index < -0.39 is 0 Å². The number of hydrogen-bond donors (Lipinski definition) is 1. The fraction of sp³-hybridized carbons (Fsp3) is 0.538. The summed E-state index contributed by atoms with van der Waals surface area (Å²) in [5.41, 5.74) is 2.92. The highest BCUT2D eigenvalue weighted by atomic mass is 14.8. The lowest BCUT2D eigenvalue weighted by atomic mass is 9.78. The van der Waals surface area contributed by atoms with Gasteiger partial charge in [-0.1, -0.05) is 39.8 Å². The highest BCUT2D eigenvalue weighted by Gasteiger charge is 2.21. The maximum atomic E-state index is 3.13. The molecule has 0 saturated heterocycles. The molecule has 0 radical (unpaired) electrons. The van der Waals surface area contributed by atoms with Gasteiger partial charge >= 0.3 is 0 Å². The van der Waals surface area contributed by atoms with Crippen LogP contribution in [0.2, 0.25) is 0 Å². The zero-order valence-corrected chi connectivity index (χ0v) is 9.89. The molecule has 0 heterocycles. The molecule has 0 bridgehead atoms. The molecule has 1 N–H and O–H groups in total. The molecule has 1 heteroatoms. The fourth-order valence-electron chi connectivity index (χ4n) is 1.44. The van der Waals surface area contributed by atoms with Crippen molar-refractivity contribution in [2.45, 2.75) is 33.6 Å². The van der Waals surface area contributed by atoms with E-state index in [1.807, 2.05) is 7.05 Å². The normalized spacial score (nSPS) is 13.8. The second kappa shape index (κ2) is 4.04. The first-order valence-corrected chi connectivity index (χ1v) is 5.23. The van der Waals surface area contributed by atoms with Gasteiger partial charge in [0, 0.05) is 12.7 Å². The molecule has 0 amide bonds. The zero-order valence-electron chi connectivity index (χ0n) is 9.89. The monoisotopic (exact) mass is 191 g/mol. The molecule has 0 aromatic heterocycles. The van der Waals surface area contributed by atoms with Crippen LogP contribution in [0, 0.1) is 5.41 Å². The van der Waals surface area contributed by atoms with Crippen molar-refractivity contribution in [3.8, 4) is 0 Å². The van der Waals surface area contributed by atoms with Gasteiger partial charge in [-0.15, -0.1) is 0 Å². The molecular formula is C13H21N. The van der Waals surface area contributed by atoms with Gasteiger partial charge in [0.2, 0.25) is 0 Å². The number of benzene rings is 1. The lowest BCUT2D eigenvalue weighted by Gasteiger charge is -2.27. The first kappa shape index (κ1) is 11.1. The van der Waals surface area contributed by atoms with Crippen LogP contribution in [0.4, 0.5) is 5.69 Å². The fourth-order valence-corrected chi connectivity index (χ4v) is 1.44. The average molecular weight is 191 g/mol. The molecule has 1 aromatic rings. The quantitative estimate of drug-likeness (QED) is 0.748. The van der Waals surface area contributed by atoms with Crippen molar-refractivity contribution in [2.75, 3.05) is 12.4 Å². The van der Waals surface area contributed by atoms with Gasteiger partial charge in [-0.25, -0.2) is 0 Å². The van der Waals surface area contributed by atoms with Gasteiger partial charge in [0.05, 0.1) is 0 Å². The van der Waals surface area contributed by atoms with E-state index in [-0.39, 0.29) is 0 Å². The summed E-state index contributed by atoms with van der Waals surface area (Å²) in [6.07, 6.45) is 0. The average Bonchev–Trinajstić information content (AvgIpc) is 2.15. The highest BCUT2D eigenvalue weighted by Crippen LogP contribution is 2.34. The Hall–Kier alpha value is -0.980. The topological polar surface area (TPSA) is 12.0 Å². The third-order valence-electron chi connectivity index (χ3n) is 3.00. The minimum Gasteiger partial charge on any atom is -0.388 e. The maximum absolute atomic E-state index is 3.13. The van der Waals surface area contributed by atoms with E-state index in [2.05, 4.69) is 57.3 Å². The summed E-state index contributed by atoms with van der Waals surface area (Å²) in [6.45, 7) is 9.13. The minimum atomic E-state index is 0.334. The minimum absolute atomic E-state index is 0.334. The molecule has 1 aromatic carbocycles. The molecule has 14 heavy (non-hydrogen) atoms. The Kier molecular flexibility index (Phi) is 3.20. The second-order valence-electron chi connectivity index (χ2n) is 4.96. The van der Waals surface area contributed by atoms with E-state index in [0.29, 0.717) is 11.3 Å². The SMILES string of the molecule is CNc1ccc(C(C)C(C)(C)C)cc1. The number of nitrogens with one attached hydrogen (secondary N) is 1. The smallest absolute Gasteiger partial charge is 0.0337 e. The lowest BCUT2D eigenvalue weighted by molar-refractivity contribution is 0.339. The van der Waals surface area contributed by atoms with E-state index in [0.717, 1.165) is 0 Å². The molecule has 78 valence electrons. The zero-order chi connectivity index (χ0) is 10.8. The predicted molar refractivity (Wildman–Crippen MR) is 63.9 cm³/mol. The van der Waals surface area contributed by atoms with Crippen LogP contribution in [0.5, 0.6) is 0 Å². The summed E-state index contributed by atoms with van der Waals surface area (Å²) in [5, 5.41) is 3.13. The lowest BCUT2D eigenvalue weighted by Crippen LogP contribution is -2.15. The first-order valence-electron chi connectivity index (χ1n) is 5.23. The molecule has 0 aliphatic rings. The Morgan fingerprint density at radius 1 is 1.07 bits per heavy atom. The van der Waals surface area contributed by atoms with Crippen LogP contribution in [0.3, 0.4) is 0 Å². The van der Waals surface area contributed by atoms with Gasteiger partial charge < -0.3 is 5.32 Å². The van der Waals surface area contributed by atoms with Crippen LogP contribution in [0.25, 0.3) is 0 Å². The van der Waals surface area contributed by atoms with Crippen molar-refractivity contribution in [3.63, 3.8) is 0 Å². The van der Waals surface area contributed by atoms with Gasteiger partial charge in [-0.05, 0) is 29.0 Å². The number of hydrogen-bond acceptors (Lipinski definition) is 1. The number of anilines is 1. The third kappa shape index (κ3) is 2.50. The van der Waals surface area contributed by atoms with Crippen molar-refractivity contribution in [1.82, 2.24) is 0 Å². The summed E-state index contributed by atoms with van der Waals surface area (Å²) in [5.74, 6) is 0.591. The Morgan fingerprint density at radius 2 is 1.57 bits per heavy atom. The Bertz CT molecular complexity index is 279. The molecule has 0 saturated carbocycles. The van der Waals surface area contributed by atoms with E-state index in [1.165, 1.54) is 11.3 Å². The van der Waals surface area contributed by atoms with Crippen LogP contribution in [0.1, 0.15) is 39.2 Å². The Morgan fingerprint density at radius 3 is 1.93 bits per heavy atom. The van der Waals surface area contributed by atoms with Gasteiger partial charge in [0.15, 0.2) is 0 Å². The van der Waals surface area contributed by atoms with Crippen molar-refractivity contribution < 1.29 is 0 Å². The van der Waals surface area contributed by atoms with Crippen LogP contribution in [-0.4, -0.2) is 7.05 Å². The second-order valence-corrected chi connectivity index (χ2v) is 4.96. The van der Waals surface area contributed by atoms with Gasteiger partial charge in [-0.2, -0.15) is 0 Å². The standard InChI is InChI=1S/C13H21N/c1-10(13(2,3)4)11-6-8-12(14-5)9-7-11/h6-10,14H,1-5H3. The molecule has 1 unspecified atom stereocenters. The van der Waals surface area contributed by atoms with Gasteiger partial charge in [0.1, 0.15) is 0 Å². The first-order chi connectivity index (χ1) is 6.45. The molecule has 0 aliphatic heterocycles. The van der Waals surface area contributed by atoms with Crippen LogP contribution < -0.4 is 5.32 Å². The Balaban J connectivity index is 2.87. The number of rotatable bonds is 2. The summed E-state index contributed by atoms with van der Waals surface area (Å²) in [6, 6.07) is 8.69. The Labute approximate surface area is 87.5 Å². The predicted octanol–water partition coefficient (Wildman–Crippen LogP) is 3.88.